The van der Waals surface area contributed by atoms with Crippen LogP contribution in [-0.2, 0) is 4.74 Å². The van der Waals surface area contributed by atoms with E-state index < -0.39 is 0 Å². The molecule has 0 aliphatic carbocycles. The standard InChI is InChI=1S/C16H22FNO/c1-2-9-18-16(12-5-3-4-6-14(12)17)13-10-11-7-8-15(13)19-11/h3-6,11,13,15-16,18H,2,7-10H2,1H3. The maximum atomic E-state index is 14.1. The van der Waals surface area contributed by atoms with Crippen molar-refractivity contribution in [1.29, 1.82) is 0 Å². The summed E-state index contributed by atoms with van der Waals surface area (Å²) in [7, 11) is 0. The molecule has 1 aromatic carbocycles. The summed E-state index contributed by atoms with van der Waals surface area (Å²) in [5.74, 6) is 0.320. The average molecular weight is 263 g/mol. The van der Waals surface area contributed by atoms with E-state index in [4.69, 9.17) is 4.74 Å². The fourth-order valence-corrected chi connectivity index (χ4v) is 3.55. The van der Waals surface area contributed by atoms with E-state index in [-0.39, 0.29) is 11.9 Å². The van der Waals surface area contributed by atoms with Crippen molar-refractivity contribution < 1.29 is 9.13 Å². The zero-order valence-corrected chi connectivity index (χ0v) is 11.4. The molecule has 2 heterocycles. The van der Waals surface area contributed by atoms with Gasteiger partial charge in [-0.2, -0.15) is 0 Å². The third-order valence-electron chi connectivity index (χ3n) is 4.44. The summed E-state index contributed by atoms with van der Waals surface area (Å²) < 4.78 is 20.0. The van der Waals surface area contributed by atoms with E-state index >= 15 is 0 Å². The molecule has 2 saturated heterocycles. The van der Waals surface area contributed by atoms with Crippen LogP contribution in [0, 0.1) is 11.7 Å². The molecular weight excluding hydrogens is 241 g/mol. The van der Waals surface area contributed by atoms with Crippen molar-refractivity contribution in [3.8, 4) is 0 Å². The van der Waals surface area contributed by atoms with Crippen LogP contribution < -0.4 is 5.32 Å². The van der Waals surface area contributed by atoms with Crippen molar-refractivity contribution in [3.63, 3.8) is 0 Å². The van der Waals surface area contributed by atoms with Gasteiger partial charge >= 0.3 is 0 Å². The van der Waals surface area contributed by atoms with Gasteiger partial charge < -0.3 is 10.1 Å². The number of benzene rings is 1. The van der Waals surface area contributed by atoms with Crippen LogP contribution in [0.15, 0.2) is 24.3 Å². The molecule has 4 unspecified atom stereocenters. The van der Waals surface area contributed by atoms with Crippen molar-refractivity contribution in [2.24, 2.45) is 5.92 Å². The van der Waals surface area contributed by atoms with Gasteiger partial charge in [-0.1, -0.05) is 25.1 Å². The maximum absolute atomic E-state index is 14.1. The molecule has 0 spiro atoms. The number of ether oxygens (including phenoxy) is 1. The molecular formula is C16H22FNO. The molecule has 1 aromatic rings. The molecule has 1 N–H and O–H groups in total. The van der Waals surface area contributed by atoms with E-state index in [1.165, 1.54) is 6.42 Å². The Morgan fingerprint density at radius 3 is 2.84 bits per heavy atom. The number of fused-ring (bicyclic) bond motifs is 2. The monoisotopic (exact) mass is 263 g/mol. The molecule has 19 heavy (non-hydrogen) atoms. The first-order valence-corrected chi connectivity index (χ1v) is 7.43. The van der Waals surface area contributed by atoms with Crippen LogP contribution in [0.25, 0.3) is 0 Å². The number of hydrogen-bond acceptors (Lipinski definition) is 2. The third-order valence-corrected chi connectivity index (χ3v) is 4.44. The third kappa shape index (κ3) is 2.54. The Morgan fingerprint density at radius 2 is 2.21 bits per heavy atom. The molecule has 104 valence electrons. The van der Waals surface area contributed by atoms with Crippen LogP contribution in [0.5, 0.6) is 0 Å². The van der Waals surface area contributed by atoms with Gasteiger partial charge in [-0.15, -0.1) is 0 Å². The molecule has 3 heteroatoms. The lowest BCUT2D eigenvalue weighted by molar-refractivity contribution is 0.0854. The fourth-order valence-electron chi connectivity index (χ4n) is 3.55. The van der Waals surface area contributed by atoms with Crippen molar-refractivity contribution in [1.82, 2.24) is 5.32 Å². The van der Waals surface area contributed by atoms with E-state index in [0.29, 0.717) is 18.1 Å². The molecule has 0 aromatic heterocycles. The highest BCUT2D eigenvalue weighted by Crippen LogP contribution is 2.45. The Kier molecular flexibility index (Phi) is 3.85. The molecule has 0 amide bonds. The molecule has 2 fully saturated rings. The summed E-state index contributed by atoms with van der Waals surface area (Å²) in [5.41, 5.74) is 0.803. The van der Waals surface area contributed by atoms with Gasteiger partial charge in [0.2, 0.25) is 0 Å². The van der Waals surface area contributed by atoms with Gasteiger partial charge in [0.15, 0.2) is 0 Å². The van der Waals surface area contributed by atoms with Crippen LogP contribution in [0.3, 0.4) is 0 Å². The molecule has 2 aliphatic heterocycles. The van der Waals surface area contributed by atoms with Gasteiger partial charge in [0.25, 0.3) is 0 Å². The number of halogens is 1. The number of nitrogens with one attached hydrogen (secondary N) is 1. The first-order chi connectivity index (χ1) is 9.29. The molecule has 2 bridgehead atoms. The second kappa shape index (κ2) is 5.59. The summed E-state index contributed by atoms with van der Waals surface area (Å²) in [6.07, 6.45) is 5.17. The molecule has 2 aliphatic rings. The Morgan fingerprint density at radius 1 is 1.37 bits per heavy atom. The molecule has 2 nitrogen and oxygen atoms in total. The topological polar surface area (TPSA) is 21.3 Å². The highest BCUT2D eigenvalue weighted by molar-refractivity contribution is 5.23. The molecule has 3 rings (SSSR count). The number of hydrogen-bond donors (Lipinski definition) is 1. The van der Waals surface area contributed by atoms with E-state index in [0.717, 1.165) is 31.4 Å². The number of rotatable bonds is 5. The predicted octanol–water partition coefficient (Wildman–Crippen LogP) is 3.43. The largest absolute Gasteiger partial charge is 0.375 e. The van der Waals surface area contributed by atoms with Gasteiger partial charge in [-0.25, -0.2) is 4.39 Å². The summed E-state index contributed by atoms with van der Waals surface area (Å²) in [6, 6.07) is 7.25. The predicted molar refractivity (Wildman–Crippen MR) is 73.4 cm³/mol. The van der Waals surface area contributed by atoms with Crippen molar-refractivity contribution in [2.45, 2.75) is 50.9 Å². The van der Waals surface area contributed by atoms with Crippen LogP contribution in [0.1, 0.15) is 44.2 Å². The van der Waals surface area contributed by atoms with E-state index in [9.17, 15) is 4.39 Å². The summed E-state index contributed by atoms with van der Waals surface area (Å²) in [4.78, 5) is 0. The second-order valence-electron chi connectivity index (χ2n) is 5.73. The van der Waals surface area contributed by atoms with Crippen molar-refractivity contribution >= 4 is 0 Å². The summed E-state index contributed by atoms with van der Waals surface area (Å²) in [5, 5.41) is 3.53. The van der Waals surface area contributed by atoms with Crippen LogP contribution in [-0.4, -0.2) is 18.8 Å². The van der Waals surface area contributed by atoms with Crippen molar-refractivity contribution in [3.05, 3.63) is 35.6 Å². The lowest BCUT2D eigenvalue weighted by atomic mass is 9.81. The minimum absolute atomic E-state index is 0.0939. The second-order valence-corrected chi connectivity index (χ2v) is 5.73. The zero-order valence-electron chi connectivity index (χ0n) is 11.4. The van der Waals surface area contributed by atoms with Gasteiger partial charge in [-0.05, 0) is 38.3 Å². The SMILES string of the molecule is CCCNC(c1ccccc1F)C1CC2CCC1O2. The quantitative estimate of drug-likeness (QED) is 0.878. The Bertz CT molecular complexity index is 437. The van der Waals surface area contributed by atoms with Crippen molar-refractivity contribution in [2.75, 3.05) is 6.54 Å². The van der Waals surface area contributed by atoms with Gasteiger partial charge in [0.05, 0.1) is 12.2 Å². The average Bonchev–Trinajstić information content (AvgIpc) is 3.04. The normalized spacial score (nSPS) is 30.7. The summed E-state index contributed by atoms with van der Waals surface area (Å²) in [6.45, 7) is 3.07. The van der Waals surface area contributed by atoms with Gasteiger partial charge in [0.1, 0.15) is 5.82 Å². The van der Waals surface area contributed by atoms with E-state index in [2.05, 4.69) is 12.2 Å². The van der Waals surface area contributed by atoms with E-state index in [1.807, 2.05) is 12.1 Å². The zero-order chi connectivity index (χ0) is 13.2. The highest BCUT2D eigenvalue weighted by Gasteiger charge is 2.45. The smallest absolute Gasteiger partial charge is 0.127 e. The lowest BCUT2D eigenvalue weighted by Gasteiger charge is -2.30. The van der Waals surface area contributed by atoms with Crippen LogP contribution >= 0.6 is 0 Å². The fraction of sp³-hybridized carbons (Fsp3) is 0.625. The van der Waals surface area contributed by atoms with Crippen LogP contribution in [0.4, 0.5) is 4.39 Å². The molecule has 0 radical (unpaired) electrons. The van der Waals surface area contributed by atoms with Crippen LogP contribution in [0.2, 0.25) is 0 Å². The first kappa shape index (κ1) is 13.1. The molecule has 4 atom stereocenters. The van der Waals surface area contributed by atoms with E-state index in [1.54, 1.807) is 12.1 Å². The van der Waals surface area contributed by atoms with Gasteiger partial charge in [-0.3, -0.25) is 0 Å². The summed E-state index contributed by atoms with van der Waals surface area (Å²) >= 11 is 0. The minimum Gasteiger partial charge on any atom is -0.375 e. The van der Waals surface area contributed by atoms with Gasteiger partial charge in [0, 0.05) is 17.5 Å². The minimum atomic E-state index is -0.0983. The first-order valence-electron chi connectivity index (χ1n) is 7.43. The molecule has 0 saturated carbocycles. The Balaban J connectivity index is 1.83. The highest BCUT2D eigenvalue weighted by atomic mass is 19.1. The maximum Gasteiger partial charge on any atom is 0.127 e. The lowest BCUT2D eigenvalue weighted by Crippen LogP contribution is -2.34. The Labute approximate surface area is 114 Å². The Hall–Kier alpha value is -0.930.